The van der Waals surface area contributed by atoms with Gasteiger partial charge in [0.1, 0.15) is 0 Å². The number of guanidine groups is 1. The molecule has 0 amide bonds. The second kappa shape index (κ2) is 8.64. The number of nitrogens with one attached hydrogen (secondary N) is 1. The molecule has 0 bridgehead atoms. The van der Waals surface area contributed by atoms with Crippen molar-refractivity contribution in [1.29, 1.82) is 0 Å². The van der Waals surface area contributed by atoms with Crippen LogP contribution in [0, 0.1) is 5.92 Å². The van der Waals surface area contributed by atoms with Crippen molar-refractivity contribution in [3.63, 3.8) is 0 Å². The molecule has 3 aliphatic rings. The number of aliphatic imine (C=N–C) groups is 1. The molecule has 1 N–H and O–H groups in total. The van der Waals surface area contributed by atoms with Crippen molar-refractivity contribution in [3.05, 3.63) is 17.5 Å². The molecule has 9 heteroatoms. The van der Waals surface area contributed by atoms with Crippen molar-refractivity contribution in [2.75, 3.05) is 49.1 Å². The lowest BCUT2D eigenvalue weighted by Gasteiger charge is -2.37. The van der Waals surface area contributed by atoms with E-state index in [9.17, 15) is 8.42 Å². The molecule has 1 unspecified atom stereocenters. The van der Waals surface area contributed by atoms with E-state index >= 15 is 0 Å². The van der Waals surface area contributed by atoms with Gasteiger partial charge in [-0.25, -0.2) is 8.42 Å². The molecular formula is C17H27IN4O2S2. The summed E-state index contributed by atoms with van der Waals surface area (Å²) in [7, 11) is -2.82. The fourth-order valence-electron chi connectivity index (χ4n) is 3.47. The molecule has 0 spiro atoms. The monoisotopic (exact) mass is 510 g/mol. The molecular weight excluding hydrogens is 483 g/mol. The van der Waals surface area contributed by atoms with Gasteiger partial charge in [0, 0.05) is 38.8 Å². The first-order valence-electron chi connectivity index (χ1n) is 9.14. The van der Waals surface area contributed by atoms with E-state index in [1.54, 1.807) is 11.3 Å². The first kappa shape index (κ1) is 20.2. The third-order valence-electron chi connectivity index (χ3n) is 5.13. The molecule has 1 saturated carbocycles. The Labute approximate surface area is 177 Å². The maximum absolute atomic E-state index is 11.6. The Kier molecular flexibility index (Phi) is 6.71. The summed E-state index contributed by atoms with van der Waals surface area (Å²) in [5, 5.41) is 7.03. The predicted octanol–water partition coefficient (Wildman–Crippen LogP) is 2.03. The first-order valence-corrected chi connectivity index (χ1v) is 11.8. The van der Waals surface area contributed by atoms with Gasteiger partial charge in [0.2, 0.25) is 0 Å². The van der Waals surface area contributed by atoms with Gasteiger partial charge in [-0.3, -0.25) is 4.99 Å². The molecule has 146 valence electrons. The second-order valence-corrected chi connectivity index (χ2v) is 10.4. The van der Waals surface area contributed by atoms with Crippen LogP contribution >= 0.6 is 35.3 Å². The molecule has 6 nitrogen and oxygen atoms in total. The summed E-state index contributed by atoms with van der Waals surface area (Å²) in [6, 6.07) is 4.84. The number of rotatable bonds is 4. The van der Waals surface area contributed by atoms with Gasteiger partial charge in [-0.2, -0.15) is 0 Å². The lowest BCUT2D eigenvalue weighted by atomic mass is 10.1. The average molecular weight is 510 g/mol. The topological polar surface area (TPSA) is 65.0 Å². The molecule has 1 aliphatic carbocycles. The van der Waals surface area contributed by atoms with Gasteiger partial charge in [0.25, 0.3) is 0 Å². The highest BCUT2D eigenvalue weighted by molar-refractivity contribution is 14.0. The zero-order valence-corrected chi connectivity index (χ0v) is 18.8. The molecule has 26 heavy (non-hydrogen) atoms. The Balaban J connectivity index is 0.00000196. The highest BCUT2D eigenvalue weighted by Crippen LogP contribution is 2.24. The molecule has 3 fully saturated rings. The summed E-state index contributed by atoms with van der Waals surface area (Å²) in [6.07, 6.45) is 3.19. The van der Waals surface area contributed by atoms with Crippen LogP contribution in [0.3, 0.4) is 0 Å². The van der Waals surface area contributed by atoms with Crippen LogP contribution in [0.1, 0.15) is 19.3 Å². The number of thiophene rings is 1. The summed E-state index contributed by atoms with van der Waals surface area (Å²) in [5.41, 5.74) is 0. The molecule has 1 aromatic rings. The number of anilines is 1. The van der Waals surface area contributed by atoms with E-state index < -0.39 is 9.84 Å². The summed E-state index contributed by atoms with van der Waals surface area (Å²) < 4.78 is 23.3. The summed E-state index contributed by atoms with van der Waals surface area (Å²) in [5.74, 6) is 1.81. The number of piperazine rings is 1. The zero-order chi connectivity index (χ0) is 17.3. The van der Waals surface area contributed by atoms with E-state index in [2.05, 4.69) is 32.6 Å². The second-order valence-electron chi connectivity index (χ2n) is 7.28. The molecule has 1 aromatic heterocycles. The SMILES string of the molecule is I.O=S1(=O)CCC(CN=C(NC2CC2)N2CCN(c3cccs3)CC2)C1. The van der Waals surface area contributed by atoms with Crippen molar-refractivity contribution in [3.8, 4) is 0 Å². The Hall–Kier alpha value is -0.550. The van der Waals surface area contributed by atoms with Crippen LogP contribution in [0.25, 0.3) is 0 Å². The van der Waals surface area contributed by atoms with E-state index in [0.29, 0.717) is 24.1 Å². The number of hydrogen-bond acceptors (Lipinski definition) is 5. The molecule has 2 saturated heterocycles. The van der Waals surface area contributed by atoms with Gasteiger partial charge in [-0.05, 0) is 42.7 Å². The molecule has 0 aromatic carbocycles. The van der Waals surface area contributed by atoms with Gasteiger partial charge >= 0.3 is 0 Å². The van der Waals surface area contributed by atoms with E-state index in [1.165, 1.54) is 17.8 Å². The number of nitrogens with zero attached hydrogens (tertiary/aromatic N) is 3. The van der Waals surface area contributed by atoms with Gasteiger partial charge in [0.05, 0.1) is 16.5 Å². The zero-order valence-electron chi connectivity index (χ0n) is 14.8. The van der Waals surface area contributed by atoms with E-state index in [-0.39, 0.29) is 29.9 Å². The predicted molar refractivity (Wildman–Crippen MR) is 119 cm³/mol. The van der Waals surface area contributed by atoms with Crippen LogP contribution in [0.2, 0.25) is 0 Å². The largest absolute Gasteiger partial charge is 0.360 e. The van der Waals surface area contributed by atoms with Crippen LogP contribution in [0.15, 0.2) is 22.5 Å². The van der Waals surface area contributed by atoms with Crippen molar-refractivity contribution in [2.24, 2.45) is 10.9 Å². The molecule has 2 aliphatic heterocycles. The fraction of sp³-hybridized carbons (Fsp3) is 0.706. The molecule has 3 heterocycles. The van der Waals surface area contributed by atoms with Crippen LogP contribution in [-0.4, -0.2) is 69.5 Å². The van der Waals surface area contributed by atoms with Crippen molar-refractivity contribution in [2.45, 2.75) is 25.3 Å². The third kappa shape index (κ3) is 5.25. The average Bonchev–Trinajstić information content (AvgIpc) is 3.11. The smallest absolute Gasteiger partial charge is 0.194 e. The van der Waals surface area contributed by atoms with Crippen LogP contribution in [-0.2, 0) is 9.84 Å². The quantitative estimate of drug-likeness (QED) is 0.382. The van der Waals surface area contributed by atoms with Gasteiger partial charge in [-0.1, -0.05) is 0 Å². The molecule has 0 radical (unpaired) electrons. The summed E-state index contributed by atoms with van der Waals surface area (Å²) in [6.45, 7) is 4.55. The Bertz CT molecular complexity index is 711. The van der Waals surface area contributed by atoms with Crippen molar-refractivity contribution in [1.82, 2.24) is 10.2 Å². The highest BCUT2D eigenvalue weighted by Gasteiger charge is 2.30. The van der Waals surface area contributed by atoms with Crippen LogP contribution in [0.5, 0.6) is 0 Å². The standard InChI is InChI=1S/C17H26N4O2S2.HI/c22-25(23)11-5-14(13-25)12-18-17(19-15-3-4-15)21-8-6-20(7-9-21)16-2-1-10-24-16;/h1-2,10,14-15H,3-9,11-13H2,(H,18,19);1H. The Morgan fingerprint density at radius 3 is 2.58 bits per heavy atom. The van der Waals surface area contributed by atoms with Crippen LogP contribution in [0.4, 0.5) is 5.00 Å². The third-order valence-corrected chi connectivity index (χ3v) is 7.90. The minimum Gasteiger partial charge on any atom is -0.360 e. The Morgan fingerprint density at radius 1 is 1.23 bits per heavy atom. The fourth-order valence-corrected chi connectivity index (χ4v) is 6.10. The summed E-state index contributed by atoms with van der Waals surface area (Å²) in [4.78, 5) is 9.58. The minimum atomic E-state index is -2.82. The van der Waals surface area contributed by atoms with Gasteiger partial charge in [0.15, 0.2) is 15.8 Å². The molecule has 1 atom stereocenters. The normalized spacial score (nSPS) is 25.8. The van der Waals surface area contributed by atoms with E-state index in [4.69, 9.17) is 4.99 Å². The lowest BCUT2D eigenvalue weighted by Crippen LogP contribution is -2.53. The van der Waals surface area contributed by atoms with E-state index in [0.717, 1.165) is 38.6 Å². The maximum Gasteiger partial charge on any atom is 0.194 e. The number of halogens is 1. The minimum absolute atomic E-state index is 0. The first-order chi connectivity index (χ1) is 12.1. The van der Waals surface area contributed by atoms with Crippen LogP contribution < -0.4 is 10.2 Å². The van der Waals surface area contributed by atoms with Crippen molar-refractivity contribution >= 4 is 56.1 Å². The van der Waals surface area contributed by atoms with Gasteiger partial charge < -0.3 is 15.1 Å². The van der Waals surface area contributed by atoms with Gasteiger partial charge in [-0.15, -0.1) is 35.3 Å². The van der Waals surface area contributed by atoms with Crippen molar-refractivity contribution < 1.29 is 8.42 Å². The Morgan fingerprint density at radius 2 is 2.00 bits per heavy atom. The highest BCUT2D eigenvalue weighted by atomic mass is 127. The number of sulfone groups is 1. The maximum atomic E-state index is 11.6. The van der Waals surface area contributed by atoms with E-state index in [1.807, 2.05) is 0 Å². The summed E-state index contributed by atoms with van der Waals surface area (Å²) >= 11 is 1.79. The lowest BCUT2D eigenvalue weighted by molar-refractivity contribution is 0.371. The number of hydrogen-bond donors (Lipinski definition) is 1. The molecule has 4 rings (SSSR count).